The highest BCUT2D eigenvalue weighted by Crippen LogP contribution is 2.22. The summed E-state index contributed by atoms with van der Waals surface area (Å²) in [5.41, 5.74) is 2.94. The largest absolute Gasteiger partial charge is 0.493 e. The molecule has 28 heavy (non-hydrogen) atoms. The Morgan fingerprint density at radius 2 is 1.86 bits per heavy atom. The molecule has 1 aromatic heterocycles. The molecule has 0 amide bonds. The standard InChI is InChI=1S/C22H24N2O4/c1-16-20(24-22(28-16)18-6-4-3-5-7-18)12-13-27-19-10-8-17(9-11-19)14-23-15-21(25)26-2/h3-11,23H,12-15H2,1-2H3. The number of aryl methyl sites for hydroxylation is 1. The van der Waals surface area contributed by atoms with Crippen LogP contribution in [-0.2, 0) is 22.5 Å². The van der Waals surface area contributed by atoms with E-state index in [-0.39, 0.29) is 12.5 Å². The molecule has 0 aliphatic rings. The van der Waals surface area contributed by atoms with Crippen molar-refractivity contribution in [2.24, 2.45) is 0 Å². The maximum absolute atomic E-state index is 11.1. The van der Waals surface area contributed by atoms with Crippen LogP contribution in [0.2, 0.25) is 0 Å². The number of methoxy groups -OCH3 is 1. The lowest BCUT2D eigenvalue weighted by molar-refractivity contribution is -0.139. The average Bonchev–Trinajstić information content (AvgIpc) is 3.10. The van der Waals surface area contributed by atoms with E-state index in [0.29, 0.717) is 25.5 Å². The molecule has 0 atom stereocenters. The maximum Gasteiger partial charge on any atom is 0.319 e. The van der Waals surface area contributed by atoms with Crippen LogP contribution < -0.4 is 10.1 Å². The molecule has 0 aliphatic heterocycles. The third-order valence-corrected chi connectivity index (χ3v) is 4.27. The van der Waals surface area contributed by atoms with Gasteiger partial charge in [0.1, 0.15) is 11.5 Å². The number of carbonyl (C=O) groups is 1. The van der Waals surface area contributed by atoms with Gasteiger partial charge in [0.2, 0.25) is 5.89 Å². The fourth-order valence-electron chi connectivity index (χ4n) is 2.71. The van der Waals surface area contributed by atoms with Gasteiger partial charge in [-0.1, -0.05) is 30.3 Å². The number of nitrogens with zero attached hydrogens (tertiary/aromatic N) is 1. The van der Waals surface area contributed by atoms with Crippen LogP contribution in [0.25, 0.3) is 11.5 Å². The summed E-state index contributed by atoms with van der Waals surface area (Å²) in [6, 6.07) is 17.6. The minimum atomic E-state index is -0.279. The molecule has 1 heterocycles. The quantitative estimate of drug-likeness (QED) is 0.573. The molecule has 0 unspecified atom stereocenters. The van der Waals surface area contributed by atoms with E-state index in [1.807, 2.05) is 61.5 Å². The van der Waals surface area contributed by atoms with E-state index in [2.05, 4.69) is 15.0 Å². The van der Waals surface area contributed by atoms with Gasteiger partial charge in [0.05, 0.1) is 26.0 Å². The van der Waals surface area contributed by atoms with Gasteiger partial charge in [-0.3, -0.25) is 4.79 Å². The number of esters is 1. The number of hydrogen-bond donors (Lipinski definition) is 1. The Balaban J connectivity index is 1.47. The van der Waals surface area contributed by atoms with Crippen molar-refractivity contribution in [3.05, 3.63) is 71.6 Å². The van der Waals surface area contributed by atoms with Gasteiger partial charge < -0.3 is 19.2 Å². The first-order chi connectivity index (χ1) is 13.7. The Kier molecular flexibility index (Phi) is 6.81. The minimum Gasteiger partial charge on any atom is -0.493 e. The van der Waals surface area contributed by atoms with Gasteiger partial charge in [-0.2, -0.15) is 0 Å². The number of hydrogen-bond acceptors (Lipinski definition) is 6. The van der Waals surface area contributed by atoms with Crippen molar-refractivity contribution in [1.29, 1.82) is 0 Å². The second-order valence-electron chi connectivity index (χ2n) is 6.31. The molecular weight excluding hydrogens is 356 g/mol. The summed E-state index contributed by atoms with van der Waals surface area (Å²) in [6.45, 7) is 3.22. The van der Waals surface area contributed by atoms with Crippen LogP contribution >= 0.6 is 0 Å². The normalized spacial score (nSPS) is 10.6. The Labute approximate surface area is 164 Å². The van der Waals surface area contributed by atoms with Gasteiger partial charge in [-0.25, -0.2) is 4.98 Å². The third-order valence-electron chi connectivity index (χ3n) is 4.27. The molecule has 3 rings (SSSR count). The molecule has 0 bridgehead atoms. The minimum absolute atomic E-state index is 0.191. The van der Waals surface area contributed by atoms with E-state index in [9.17, 15) is 4.79 Å². The monoisotopic (exact) mass is 380 g/mol. The molecule has 6 heteroatoms. The molecule has 2 aromatic carbocycles. The van der Waals surface area contributed by atoms with Crippen molar-refractivity contribution in [2.75, 3.05) is 20.3 Å². The number of aromatic nitrogens is 1. The predicted molar refractivity (Wildman–Crippen MR) is 106 cm³/mol. The zero-order chi connectivity index (χ0) is 19.8. The van der Waals surface area contributed by atoms with Crippen molar-refractivity contribution in [3.63, 3.8) is 0 Å². The number of nitrogens with one attached hydrogen (secondary N) is 1. The molecular formula is C22H24N2O4. The van der Waals surface area contributed by atoms with Crippen LogP contribution in [0.4, 0.5) is 0 Å². The number of benzene rings is 2. The van der Waals surface area contributed by atoms with Crippen LogP contribution in [0.5, 0.6) is 5.75 Å². The third kappa shape index (κ3) is 5.44. The van der Waals surface area contributed by atoms with Crippen molar-refractivity contribution in [1.82, 2.24) is 10.3 Å². The lowest BCUT2D eigenvalue weighted by atomic mass is 10.2. The van der Waals surface area contributed by atoms with E-state index in [1.54, 1.807) is 0 Å². The molecule has 146 valence electrons. The Hall–Kier alpha value is -3.12. The summed E-state index contributed by atoms with van der Waals surface area (Å²) in [4.78, 5) is 15.7. The molecule has 0 saturated carbocycles. The summed E-state index contributed by atoms with van der Waals surface area (Å²) < 4.78 is 16.2. The Bertz CT molecular complexity index is 889. The summed E-state index contributed by atoms with van der Waals surface area (Å²) in [5, 5.41) is 3.02. The maximum atomic E-state index is 11.1. The first-order valence-corrected chi connectivity index (χ1v) is 9.16. The average molecular weight is 380 g/mol. The van der Waals surface area contributed by atoms with Crippen molar-refractivity contribution >= 4 is 5.97 Å². The fraction of sp³-hybridized carbons (Fsp3) is 0.273. The molecule has 6 nitrogen and oxygen atoms in total. The molecule has 0 saturated heterocycles. The highest BCUT2D eigenvalue weighted by molar-refractivity contribution is 5.71. The molecule has 1 N–H and O–H groups in total. The lowest BCUT2D eigenvalue weighted by Crippen LogP contribution is -2.23. The number of oxazole rings is 1. The van der Waals surface area contributed by atoms with E-state index in [0.717, 1.165) is 28.3 Å². The van der Waals surface area contributed by atoms with Gasteiger partial charge in [0, 0.05) is 18.5 Å². The summed E-state index contributed by atoms with van der Waals surface area (Å²) in [5.74, 6) is 1.96. The predicted octanol–water partition coefficient (Wildman–Crippen LogP) is 3.53. The molecule has 3 aromatic rings. The SMILES string of the molecule is COC(=O)CNCc1ccc(OCCc2nc(-c3ccccc3)oc2C)cc1. The molecule has 0 fully saturated rings. The zero-order valence-corrected chi connectivity index (χ0v) is 16.1. The summed E-state index contributed by atoms with van der Waals surface area (Å²) in [7, 11) is 1.37. The van der Waals surface area contributed by atoms with Crippen molar-refractivity contribution in [2.45, 2.75) is 19.9 Å². The van der Waals surface area contributed by atoms with Crippen LogP contribution in [0.3, 0.4) is 0 Å². The van der Waals surface area contributed by atoms with Gasteiger partial charge in [0.15, 0.2) is 0 Å². The zero-order valence-electron chi connectivity index (χ0n) is 16.1. The van der Waals surface area contributed by atoms with Crippen molar-refractivity contribution < 1.29 is 18.7 Å². The summed E-state index contributed by atoms with van der Waals surface area (Å²) in [6.07, 6.45) is 0.671. The fourth-order valence-corrected chi connectivity index (χ4v) is 2.71. The van der Waals surface area contributed by atoms with E-state index in [1.165, 1.54) is 7.11 Å². The number of carbonyl (C=O) groups excluding carboxylic acids is 1. The Morgan fingerprint density at radius 1 is 1.11 bits per heavy atom. The highest BCUT2D eigenvalue weighted by atomic mass is 16.5. The summed E-state index contributed by atoms with van der Waals surface area (Å²) >= 11 is 0. The van der Waals surface area contributed by atoms with Crippen molar-refractivity contribution in [3.8, 4) is 17.2 Å². The lowest BCUT2D eigenvalue weighted by Gasteiger charge is -2.07. The number of rotatable bonds is 9. The molecule has 0 spiro atoms. The van der Waals surface area contributed by atoms with Crippen LogP contribution in [0.15, 0.2) is 59.0 Å². The van der Waals surface area contributed by atoms with Gasteiger partial charge in [-0.15, -0.1) is 0 Å². The van der Waals surface area contributed by atoms with Gasteiger partial charge >= 0.3 is 5.97 Å². The Morgan fingerprint density at radius 3 is 2.57 bits per heavy atom. The van der Waals surface area contributed by atoms with E-state index in [4.69, 9.17) is 9.15 Å². The molecule has 0 radical (unpaired) electrons. The van der Waals surface area contributed by atoms with Crippen LogP contribution in [0.1, 0.15) is 17.0 Å². The second-order valence-corrected chi connectivity index (χ2v) is 6.31. The van der Waals surface area contributed by atoms with E-state index < -0.39 is 0 Å². The first-order valence-electron chi connectivity index (χ1n) is 9.16. The smallest absolute Gasteiger partial charge is 0.319 e. The van der Waals surface area contributed by atoms with E-state index >= 15 is 0 Å². The van der Waals surface area contributed by atoms with Crippen LogP contribution in [-0.4, -0.2) is 31.2 Å². The molecule has 0 aliphatic carbocycles. The topological polar surface area (TPSA) is 73.6 Å². The second kappa shape index (κ2) is 9.71. The highest BCUT2D eigenvalue weighted by Gasteiger charge is 2.11. The van der Waals surface area contributed by atoms with Crippen LogP contribution in [0, 0.1) is 6.92 Å². The van der Waals surface area contributed by atoms with Gasteiger partial charge in [-0.05, 0) is 36.8 Å². The van der Waals surface area contributed by atoms with Gasteiger partial charge in [0.25, 0.3) is 0 Å². The first kappa shape index (κ1) is 19.6. The number of ether oxygens (including phenoxy) is 2.